The number of hydrogen-bond acceptors (Lipinski definition) is 4. The van der Waals surface area contributed by atoms with E-state index in [-0.39, 0.29) is 10.8 Å². The minimum absolute atomic E-state index is 0.120. The van der Waals surface area contributed by atoms with Gasteiger partial charge in [-0.25, -0.2) is 8.42 Å². The number of rotatable bonds is 6. The Labute approximate surface area is 182 Å². The monoisotopic (exact) mass is 436 g/mol. The number of ether oxygens (including phenoxy) is 1. The van der Waals surface area contributed by atoms with Gasteiger partial charge in [0.05, 0.1) is 16.0 Å². The van der Waals surface area contributed by atoms with Gasteiger partial charge < -0.3 is 10.1 Å². The van der Waals surface area contributed by atoms with E-state index in [1.165, 1.54) is 12.1 Å². The number of anilines is 2. The van der Waals surface area contributed by atoms with Crippen molar-refractivity contribution >= 4 is 27.3 Å². The summed E-state index contributed by atoms with van der Waals surface area (Å²) in [5.74, 6) is -0.120. The van der Waals surface area contributed by atoms with Gasteiger partial charge in [0, 0.05) is 18.9 Å². The Kier molecular flexibility index (Phi) is 6.06. The Bertz CT molecular complexity index is 1140. The van der Waals surface area contributed by atoms with Gasteiger partial charge in [0.1, 0.15) is 0 Å². The lowest BCUT2D eigenvalue weighted by Gasteiger charge is -2.36. The molecule has 0 aliphatic carbocycles. The predicted molar refractivity (Wildman–Crippen MR) is 120 cm³/mol. The fourth-order valence-electron chi connectivity index (χ4n) is 3.85. The zero-order valence-electron chi connectivity index (χ0n) is 17.0. The average Bonchev–Trinajstić information content (AvgIpc) is 2.80. The second-order valence-corrected chi connectivity index (χ2v) is 9.20. The standard InChI is InChI=1S/C24H24N2O4S/c27-23(24(14-16-30-17-15-24)19-8-3-1-4-9-19)25-20-10-7-11-21(18-20)26-31(28,29)22-12-5-2-6-13-22/h1-13,18,26H,14-17H2,(H,25,27). The van der Waals surface area contributed by atoms with E-state index < -0.39 is 15.4 Å². The zero-order chi connectivity index (χ0) is 21.7. The van der Waals surface area contributed by atoms with Gasteiger partial charge >= 0.3 is 0 Å². The first kappa shape index (κ1) is 21.1. The summed E-state index contributed by atoms with van der Waals surface area (Å²) in [5, 5.41) is 2.99. The van der Waals surface area contributed by atoms with Crippen LogP contribution < -0.4 is 10.0 Å². The Morgan fingerprint density at radius 3 is 2.10 bits per heavy atom. The van der Waals surface area contributed by atoms with Crippen molar-refractivity contribution in [3.63, 3.8) is 0 Å². The van der Waals surface area contributed by atoms with E-state index in [1.807, 2.05) is 30.3 Å². The van der Waals surface area contributed by atoms with Gasteiger partial charge in [0.15, 0.2) is 0 Å². The van der Waals surface area contributed by atoms with Crippen LogP contribution in [0.1, 0.15) is 18.4 Å². The molecule has 4 rings (SSSR count). The molecule has 160 valence electrons. The smallest absolute Gasteiger partial charge is 0.261 e. The first-order chi connectivity index (χ1) is 15.0. The predicted octanol–water partition coefficient (Wildman–Crippen LogP) is 4.17. The Morgan fingerprint density at radius 1 is 0.806 bits per heavy atom. The van der Waals surface area contributed by atoms with Crippen molar-refractivity contribution in [2.75, 3.05) is 23.3 Å². The quantitative estimate of drug-likeness (QED) is 0.607. The molecule has 6 nitrogen and oxygen atoms in total. The summed E-state index contributed by atoms with van der Waals surface area (Å²) in [6.07, 6.45) is 1.17. The molecule has 1 saturated heterocycles. The molecule has 1 heterocycles. The van der Waals surface area contributed by atoms with E-state index in [9.17, 15) is 13.2 Å². The van der Waals surface area contributed by atoms with Gasteiger partial charge in [0.25, 0.3) is 10.0 Å². The van der Waals surface area contributed by atoms with Gasteiger partial charge in [-0.15, -0.1) is 0 Å². The van der Waals surface area contributed by atoms with Crippen LogP contribution >= 0.6 is 0 Å². The van der Waals surface area contributed by atoms with Gasteiger partial charge in [-0.3, -0.25) is 9.52 Å². The summed E-state index contributed by atoms with van der Waals surface area (Å²) in [4.78, 5) is 13.6. The summed E-state index contributed by atoms with van der Waals surface area (Å²) < 4.78 is 33.3. The third-order valence-corrected chi connectivity index (χ3v) is 6.93. The van der Waals surface area contributed by atoms with Crippen LogP contribution in [-0.4, -0.2) is 27.5 Å². The van der Waals surface area contributed by atoms with E-state index >= 15 is 0 Å². The number of benzene rings is 3. The second kappa shape index (κ2) is 8.91. The van der Waals surface area contributed by atoms with Crippen molar-refractivity contribution in [2.45, 2.75) is 23.2 Å². The van der Waals surface area contributed by atoms with E-state index in [1.54, 1.807) is 42.5 Å². The van der Waals surface area contributed by atoms with Crippen LogP contribution in [-0.2, 0) is 25.0 Å². The maximum absolute atomic E-state index is 13.4. The van der Waals surface area contributed by atoms with E-state index in [0.29, 0.717) is 37.4 Å². The molecule has 0 bridgehead atoms. The summed E-state index contributed by atoms with van der Waals surface area (Å²) in [5.41, 5.74) is 1.18. The fourth-order valence-corrected chi connectivity index (χ4v) is 4.92. The molecule has 2 N–H and O–H groups in total. The highest BCUT2D eigenvalue weighted by Crippen LogP contribution is 2.36. The van der Waals surface area contributed by atoms with Crippen molar-refractivity contribution in [1.82, 2.24) is 0 Å². The van der Waals surface area contributed by atoms with Crippen molar-refractivity contribution in [3.05, 3.63) is 90.5 Å². The summed E-state index contributed by atoms with van der Waals surface area (Å²) in [7, 11) is -3.71. The topological polar surface area (TPSA) is 84.5 Å². The van der Waals surface area contributed by atoms with Crippen LogP contribution in [0.5, 0.6) is 0 Å². The number of amides is 1. The van der Waals surface area contributed by atoms with Crippen LogP contribution in [0.3, 0.4) is 0 Å². The molecule has 3 aromatic carbocycles. The average molecular weight is 437 g/mol. The summed E-state index contributed by atoms with van der Waals surface area (Å²) in [6.45, 7) is 1.03. The molecule has 0 saturated carbocycles. The molecule has 0 spiro atoms. The molecular formula is C24H24N2O4S. The highest BCUT2D eigenvalue weighted by atomic mass is 32.2. The molecule has 0 unspecified atom stereocenters. The molecule has 31 heavy (non-hydrogen) atoms. The second-order valence-electron chi connectivity index (χ2n) is 7.51. The highest BCUT2D eigenvalue weighted by molar-refractivity contribution is 7.92. The van der Waals surface area contributed by atoms with Gasteiger partial charge in [-0.1, -0.05) is 54.6 Å². The molecule has 1 amide bonds. The largest absolute Gasteiger partial charge is 0.381 e. The zero-order valence-corrected chi connectivity index (χ0v) is 17.8. The van der Waals surface area contributed by atoms with Crippen molar-refractivity contribution in [1.29, 1.82) is 0 Å². The van der Waals surface area contributed by atoms with Gasteiger partial charge in [0.2, 0.25) is 5.91 Å². The highest BCUT2D eigenvalue weighted by Gasteiger charge is 2.41. The van der Waals surface area contributed by atoms with Crippen LogP contribution in [0.25, 0.3) is 0 Å². The normalized spacial score (nSPS) is 15.7. The molecular weight excluding hydrogens is 412 g/mol. The molecule has 1 aliphatic rings. The number of nitrogens with one attached hydrogen (secondary N) is 2. The van der Waals surface area contributed by atoms with E-state index in [2.05, 4.69) is 10.0 Å². The number of carbonyl (C=O) groups excluding carboxylic acids is 1. The Morgan fingerprint density at radius 2 is 1.42 bits per heavy atom. The number of sulfonamides is 1. The first-order valence-corrected chi connectivity index (χ1v) is 11.6. The van der Waals surface area contributed by atoms with E-state index in [0.717, 1.165) is 5.56 Å². The molecule has 0 radical (unpaired) electrons. The molecule has 0 atom stereocenters. The minimum Gasteiger partial charge on any atom is -0.381 e. The maximum Gasteiger partial charge on any atom is 0.261 e. The fraction of sp³-hybridized carbons (Fsp3) is 0.208. The van der Waals surface area contributed by atoms with Crippen molar-refractivity contribution in [3.8, 4) is 0 Å². The molecule has 0 aromatic heterocycles. The third-order valence-electron chi connectivity index (χ3n) is 5.53. The van der Waals surface area contributed by atoms with Gasteiger partial charge in [-0.05, 0) is 48.7 Å². The first-order valence-electron chi connectivity index (χ1n) is 10.1. The molecule has 3 aromatic rings. The lowest BCUT2D eigenvalue weighted by molar-refractivity contribution is -0.125. The number of hydrogen-bond donors (Lipinski definition) is 2. The van der Waals surface area contributed by atoms with Crippen LogP contribution in [0.15, 0.2) is 89.8 Å². The van der Waals surface area contributed by atoms with E-state index in [4.69, 9.17) is 4.74 Å². The van der Waals surface area contributed by atoms with Gasteiger partial charge in [-0.2, -0.15) is 0 Å². The van der Waals surface area contributed by atoms with Crippen molar-refractivity contribution in [2.24, 2.45) is 0 Å². The molecule has 1 fully saturated rings. The summed E-state index contributed by atoms with van der Waals surface area (Å²) in [6, 6.07) is 24.6. The SMILES string of the molecule is O=C(Nc1cccc(NS(=O)(=O)c2ccccc2)c1)C1(c2ccccc2)CCOCC1. The lowest BCUT2D eigenvalue weighted by Crippen LogP contribution is -2.44. The number of carbonyl (C=O) groups is 1. The minimum atomic E-state index is -3.71. The molecule has 1 aliphatic heterocycles. The Hall–Kier alpha value is -3.16. The summed E-state index contributed by atoms with van der Waals surface area (Å²) >= 11 is 0. The maximum atomic E-state index is 13.4. The molecule has 7 heteroatoms. The van der Waals surface area contributed by atoms with Crippen LogP contribution in [0.4, 0.5) is 11.4 Å². The van der Waals surface area contributed by atoms with Crippen LogP contribution in [0, 0.1) is 0 Å². The third kappa shape index (κ3) is 4.62. The lowest BCUT2D eigenvalue weighted by atomic mass is 9.73. The van der Waals surface area contributed by atoms with Crippen molar-refractivity contribution < 1.29 is 17.9 Å². The Balaban J connectivity index is 1.56. The van der Waals surface area contributed by atoms with Crippen LogP contribution in [0.2, 0.25) is 0 Å².